The molecule has 7 nitrogen and oxygen atoms in total. The molecule has 9 heteroatoms. The van der Waals surface area contributed by atoms with Gasteiger partial charge in [0.15, 0.2) is 6.61 Å². The Labute approximate surface area is 176 Å². The molecule has 0 atom stereocenters. The van der Waals surface area contributed by atoms with Crippen molar-refractivity contribution in [2.75, 3.05) is 44.2 Å². The van der Waals surface area contributed by atoms with Gasteiger partial charge in [0.25, 0.3) is 5.91 Å². The van der Waals surface area contributed by atoms with Crippen LogP contribution >= 0.6 is 0 Å². The van der Waals surface area contributed by atoms with Crippen LogP contribution in [-0.2, 0) is 14.8 Å². The van der Waals surface area contributed by atoms with Crippen LogP contribution in [0.3, 0.4) is 0 Å². The third-order valence-electron chi connectivity index (χ3n) is 4.86. The van der Waals surface area contributed by atoms with E-state index in [1.165, 1.54) is 30.3 Å². The van der Waals surface area contributed by atoms with E-state index < -0.39 is 10.0 Å². The average Bonchev–Trinajstić information content (AvgIpc) is 2.77. The summed E-state index contributed by atoms with van der Waals surface area (Å²) in [5.74, 6) is -0.0109. The van der Waals surface area contributed by atoms with Crippen molar-refractivity contribution in [3.8, 4) is 5.75 Å². The lowest BCUT2D eigenvalue weighted by molar-refractivity contribution is -0.133. The van der Waals surface area contributed by atoms with Crippen LogP contribution in [0.15, 0.2) is 53.4 Å². The zero-order valence-corrected chi connectivity index (χ0v) is 17.7. The Hall–Kier alpha value is -2.65. The Bertz CT molecular complexity index is 958. The van der Waals surface area contributed by atoms with E-state index in [-0.39, 0.29) is 23.2 Å². The molecule has 2 aromatic rings. The first-order chi connectivity index (χ1) is 14.4. The average molecular weight is 436 g/mol. The van der Waals surface area contributed by atoms with Crippen molar-refractivity contribution in [1.29, 1.82) is 0 Å². The van der Waals surface area contributed by atoms with E-state index >= 15 is 0 Å². The Morgan fingerprint density at radius 1 is 1.07 bits per heavy atom. The highest BCUT2D eigenvalue weighted by Crippen LogP contribution is 2.20. The summed E-state index contributed by atoms with van der Waals surface area (Å²) >= 11 is 0. The van der Waals surface area contributed by atoms with Crippen LogP contribution in [0.1, 0.15) is 13.3 Å². The second-order valence-corrected chi connectivity index (χ2v) is 8.74. The van der Waals surface area contributed by atoms with E-state index in [0.29, 0.717) is 50.6 Å². The number of nitrogens with one attached hydrogen (secondary N) is 1. The number of piperazine rings is 1. The number of para-hydroxylation sites is 1. The predicted octanol–water partition coefficient (Wildman–Crippen LogP) is 2.24. The summed E-state index contributed by atoms with van der Waals surface area (Å²) in [6, 6.07) is 12.6. The normalized spacial score (nSPS) is 14.6. The number of ether oxygens (including phenoxy) is 1. The fourth-order valence-corrected chi connectivity index (χ4v) is 4.31. The number of amides is 1. The molecule has 0 spiro atoms. The number of nitrogens with zero attached hydrogens (tertiary/aromatic N) is 2. The summed E-state index contributed by atoms with van der Waals surface area (Å²) in [5, 5.41) is 0. The van der Waals surface area contributed by atoms with E-state index in [9.17, 15) is 17.6 Å². The third-order valence-corrected chi connectivity index (χ3v) is 6.34. The molecule has 1 N–H and O–H groups in total. The van der Waals surface area contributed by atoms with Crippen LogP contribution in [0.5, 0.6) is 5.75 Å². The zero-order valence-electron chi connectivity index (χ0n) is 16.9. The van der Waals surface area contributed by atoms with Gasteiger partial charge in [-0.25, -0.2) is 17.5 Å². The number of carbonyl (C=O) groups excluding carboxylic acids is 1. The standard InChI is InChI=1S/C21H26FN3O4S/c1-2-11-23-30(27,28)18-9-7-17(8-10-18)29-16-21(26)25-14-12-24(13-15-25)20-6-4-3-5-19(20)22/h3-10,23H,2,11-16H2,1H3. The topological polar surface area (TPSA) is 78.9 Å². The van der Waals surface area contributed by atoms with E-state index in [1.54, 1.807) is 23.1 Å². The second-order valence-electron chi connectivity index (χ2n) is 6.98. The van der Waals surface area contributed by atoms with Gasteiger partial charge >= 0.3 is 0 Å². The van der Waals surface area contributed by atoms with Gasteiger partial charge < -0.3 is 14.5 Å². The molecule has 0 saturated carbocycles. The maximum absolute atomic E-state index is 13.9. The summed E-state index contributed by atoms with van der Waals surface area (Å²) in [6.07, 6.45) is 0.705. The molecular formula is C21H26FN3O4S. The van der Waals surface area contributed by atoms with Gasteiger partial charge in [0.2, 0.25) is 10.0 Å². The smallest absolute Gasteiger partial charge is 0.260 e. The molecule has 2 aromatic carbocycles. The van der Waals surface area contributed by atoms with E-state index in [1.807, 2.05) is 11.8 Å². The van der Waals surface area contributed by atoms with Crippen molar-refractivity contribution >= 4 is 21.6 Å². The molecule has 1 aliphatic heterocycles. The van der Waals surface area contributed by atoms with Crippen molar-refractivity contribution in [1.82, 2.24) is 9.62 Å². The zero-order chi connectivity index (χ0) is 21.6. The number of hydrogen-bond donors (Lipinski definition) is 1. The van der Waals surface area contributed by atoms with Gasteiger partial charge in [-0.2, -0.15) is 0 Å². The first-order valence-corrected chi connectivity index (χ1v) is 11.4. The van der Waals surface area contributed by atoms with Gasteiger partial charge in [0.1, 0.15) is 11.6 Å². The molecule has 1 amide bonds. The highest BCUT2D eigenvalue weighted by atomic mass is 32.2. The van der Waals surface area contributed by atoms with Gasteiger partial charge in [-0.15, -0.1) is 0 Å². The molecule has 30 heavy (non-hydrogen) atoms. The molecule has 3 rings (SSSR count). The Morgan fingerprint density at radius 2 is 1.73 bits per heavy atom. The number of carbonyl (C=O) groups is 1. The van der Waals surface area contributed by atoms with Crippen LogP contribution in [0.25, 0.3) is 0 Å². The first kappa shape index (κ1) is 22.0. The highest BCUT2D eigenvalue weighted by molar-refractivity contribution is 7.89. The third kappa shape index (κ3) is 5.48. The van der Waals surface area contributed by atoms with Crippen molar-refractivity contribution in [3.05, 3.63) is 54.3 Å². The molecule has 0 unspecified atom stereocenters. The summed E-state index contributed by atoms with van der Waals surface area (Å²) in [5.41, 5.74) is 0.546. The van der Waals surface area contributed by atoms with Crippen LogP contribution in [-0.4, -0.2) is 58.6 Å². The molecule has 0 aliphatic carbocycles. The minimum Gasteiger partial charge on any atom is -0.484 e. The van der Waals surface area contributed by atoms with Crippen LogP contribution in [0.4, 0.5) is 10.1 Å². The van der Waals surface area contributed by atoms with Crippen molar-refractivity contribution in [2.24, 2.45) is 0 Å². The molecule has 162 valence electrons. The number of sulfonamides is 1. The molecule has 1 heterocycles. The molecule has 1 saturated heterocycles. The molecule has 1 fully saturated rings. The highest BCUT2D eigenvalue weighted by Gasteiger charge is 2.23. The second kappa shape index (κ2) is 9.90. The van der Waals surface area contributed by atoms with Gasteiger partial charge in [0.05, 0.1) is 10.6 Å². The Balaban J connectivity index is 1.49. The summed E-state index contributed by atoms with van der Waals surface area (Å²) < 4.78 is 46.1. The largest absolute Gasteiger partial charge is 0.484 e. The molecular weight excluding hydrogens is 409 g/mol. The summed E-state index contributed by atoms with van der Waals surface area (Å²) in [7, 11) is -3.53. The summed E-state index contributed by atoms with van der Waals surface area (Å²) in [4.78, 5) is 16.2. The van der Waals surface area contributed by atoms with Crippen LogP contribution in [0.2, 0.25) is 0 Å². The first-order valence-electron chi connectivity index (χ1n) is 9.90. The minimum atomic E-state index is -3.53. The number of anilines is 1. The van der Waals surface area contributed by atoms with Gasteiger partial charge in [0, 0.05) is 32.7 Å². The van der Waals surface area contributed by atoms with Crippen molar-refractivity contribution in [2.45, 2.75) is 18.2 Å². The summed E-state index contributed by atoms with van der Waals surface area (Å²) in [6.45, 7) is 4.18. The van der Waals surface area contributed by atoms with E-state index in [2.05, 4.69) is 4.72 Å². The van der Waals surface area contributed by atoms with E-state index in [0.717, 1.165) is 0 Å². The van der Waals surface area contributed by atoms with E-state index in [4.69, 9.17) is 4.74 Å². The van der Waals surface area contributed by atoms with Crippen LogP contribution in [0, 0.1) is 5.82 Å². The Kier molecular flexibility index (Phi) is 7.28. The molecule has 0 aromatic heterocycles. The predicted molar refractivity (Wildman–Crippen MR) is 113 cm³/mol. The number of benzene rings is 2. The SMILES string of the molecule is CCCNS(=O)(=O)c1ccc(OCC(=O)N2CCN(c3ccccc3F)CC2)cc1. The number of rotatable bonds is 8. The Morgan fingerprint density at radius 3 is 2.37 bits per heavy atom. The van der Waals surface area contributed by atoms with Crippen LogP contribution < -0.4 is 14.4 Å². The lowest BCUT2D eigenvalue weighted by Gasteiger charge is -2.36. The fraction of sp³-hybridized carbons (Fsp3) is 0.381. The molecule has 1 aliphatic rings. The fourth-order valence-electron chi connectivity index (χ4n) is 3.18. The number of halogens is 1. The minimum absolute atomic E-state index is 0.139. The number of hydrogen-bond acceptors (Lipinski definition) is 5. The quantitative estimate of drug-likeness (QED) is 0.688. The maximum atomic E-state index is 13.9. The lowest BCUT2D eigenvalue weighted by Crippen LogP contribution is -2.50. The van der Waals surface area contributed by atoms with Crippen molar-refractivity contribution in [3.63, 3.8) is 0 Å². The molecule has 0 bridgehead atoms. The maximum Gasteiger partial charge on any atom is 0.260 e. The van der Waals surface area contributed by atoms with Gasteiger partial charge in [-0.05, 0) is 42.8 Å². The van der Waals surface area contributed by atoms with Crippen molar-refractivity contribution < 1.29 is 22.3 Å². The van der Waals surface area contributed by atoms with Gasteiger partial charge in [-0.1, -0.05) is 19.1 Å². The monoisotopic (exact) mass is 435 g/mol. The molecule has 0 radical (unpaired) electrons. The van der Waals surface area contributed by atoms with Gasteiger partial charge in [-0.3, -0.25) is 4.79 Å². The lowest BCUT2D eigenvalue weighted by atomic mass is 10.2.